The zero-order valence-electron chi connectivity index (χ0n) is 9.88. The van der Waals surface area contributed by atoms with E-state index < -0.39 is 0 Å². The van der Waals surface area contributed by atoms with Crippen molar-refractivity contribution in [3.63, 3.8) is 0 Å². The van der Waals surface area contributed by atoms with Crippen LogP contribution in [0.4, 0.5) is 10.1 Å². The van der Waals surface area contributed by atoms with Crippen LogP contribution in [0.2, 0.25) is 0 Å². The molecule has 0 aliphatic rings. The largest absolute Gasteiger partial charge is 0.331 e. The number of hydrazone groups is 1. The molecule has 0 saturated carbocycles. The molecule has 1 aromatic heterocycles. The molecule has 0 radical (unpaired) electrons. The van der Waals surface area contributed by atoms with E-state index >= 15 is 0 Å². The Morgan fingerprint density at radius 1 is 1.26 bits per heavy atom. The van der Waals surface area contributed by atoms with Crippen LogP contribution < -0.4 is 10.7 Å². The van der Waals surface area contributed by atoms with Crippen molar-refractivity contribution < 1.29 is 4.39 Å². The highest BCUT2D eigenvalue weighted by Gasteiger charge is 1.96. The van der Waals surface area contributed by atoms with Gasteiger partial charge in [-0.3, -0.25) is 10.4 Å². The van der Waals surface area contributed by atoms with E-state index in [-0.39, 0.29) is 5.82 Å². The van der Waals surface area contributed by atoms with E-state index in [4.69, 9.17) is 12.2 Å². The van der Waals surface area contributed by atoms with Crippen molar-refractivity contribution in [2.75, 3.05) is 5.32 Å². The molecule has 0 saturated heterocycles. The summed E-state index contributed by atoms with van der Waals surface area (Å²) < 4.78 is 12.7. The summed E-state index contributed by atoms with van der Waals surface area (Å²) in [5.74, 6) is -0.293. The third kappa shape index (κ3) is 4.44. The molecular weight excluding hydrogens is 263 g/mol. The van der Waals surface area contributed by atoms with E-state index in [1.165, 1.54) is 12.1 Å². The van der Waals surface area contributed by atoms with E-state index in [1.54, 1.807) is 30.7 Å². The van der Waals surface area contributed by atoms with Crippen LogP contribution in [0.5, 0.6) is 0 Å². The van der Waals surface area contributed by atoms with E-state index in [1.807, 2.05) is 12.1 Å². The molecule has 6 heteroatoms. The Kier molecular flexibility index (Phi) is 4.52. The standard InChI is InChI=1S/C13H11FN4S/c14-11-3-5-12(6-4-11)17-13(19)18-16-9-10-2-1-7-15-8-10/h1-9H,(H2,17,18,19)/b16-9+. The maximum absolute atomic E-state index is 12.7. The lowest BCUT2D eigenvalue weighted by atomic mass is 10.3. The van der Waals surface area contributed by atoms with Gasteiger partial charge in [-0.05, 0) is 42.5 Å². The van der Waals surface area contributed by atoms with Gasteiger partial charge in [-0.15, -0.1) is 0 Å². The van der Waals surface area contributed by atoms with E-state index in [2.05, 4.69) is 20.8 Å². The minimum absolute atomic E-state index is 0.293. The van der Waals surface area contributed by atoms with Crippen LogP contribution >= 0.6 is 12.2 Å². The lowest BCUT2D eigenvalue weighted by molar-refractivity contribution is 0.628. The number of hydrogen-bond donors (Lipinski definition) is 2. The maximum atomic E-state index is 12.7. The lowest BCUT2D eigenvalue weighted by Gasteiger charge is -2.06. The van der Waals surface area contributed by atoms with Crippen LogP contribution in [-0.4, -0.2) is 16.3 Å². The Morgan fingerprint density at radius 3 is 2.74 bits per heavy atom. The summed E-state index contributed by atoms with van der Waals surface area (Å²) in [6.45, 7) is 0. The van der Waals surface area contributed by atoms with Gasteiger partial charge in [0.2, 0.25) is 0 Å². The number of anilines is 1. The smallest absolute Gasteiger partial charge is 0.191 e. The molecule has 0 unspecified atom stereocenters. The van der Waals surface area contributed by atoms with Gasteiger partial charge in [-0.25, -0.2) is 4.39 Å². The van der Waals surface area contributed by atoms with Crippen LogP contribution in [0.25, 0.3) is 0 Å². The van der Waals surface area contributed by atoms with E-state index in [0.717, 1.165) is 5.56 Å². The van der Waals surface area contributed by atoms with Gasteiger partial charge in [-0.2, -0.15) is 5.10 Å². The van der Waals surface area contributed by atoms with Gasteiger partial charge in [-0.1, -0.05) is 6.07 Å². The Hall–Kier alpha value is -2.34. The minimum Gasteiger partial charge on any atom is -0.331 e. The highest BCUT2D eigenvalue weighted by atomic mass is 32.1. The molecular formula is C13H11FN4S. The molecule has 0 amide bonds. The average Bonchev–Trinajstić information content (AvgIpc) is 2.43. The van der Waals surface area contributed by atoms with Crippen molar-refractivity contribution in [1.29, 1.82) is 0 Å². The molecule has 19 heavy (non-hydrogen) atoms. The third-order valence-corrected chi connectivity index (χ3v) is 2.36. The van der Waals surface area contributed by atoms with Crippen LogP contribution in [0.1, 0.15) is 5.56 Å². The van der Waals surface area contributed by atoms with Gasteiger partial charge in [0, 0.05) is 23.6 Å². The number of thiocarbonyl (C=S) groups is 1. The Labute approximate surface area is 115 Å². The Balaban J connectivity index is 1.85. The van der Waals surface area contributed by atoms with Crippen molar-refractivity contribution >= 4 is 29.2 Å². The molecule has 1 aromatic carbocycles. The van der Waals surface area contributed by atoms with Gasteiger partial charge in [0.1, 0.15) is 5.82 Å². The molecule has 2 aromatic rings. The number of pyridine rings is 1. The first kappa shape index (κ1) is 13.1. The molecule has 96 valence electrons. The summed E-state index contributed by atoms with van der Waals surface area (Å²) in [6.07, 6.45) is 4.97. The Bertz CT molecular complexity index is 569. The molecule has 0 aliphatic heterocycles. The summed E-state index contributed by atoms with van der Waals surface area (Å²) in [7, 11) is 0. The van der Waals surface area contributed by atoms with Gasteiger partial charge in [0.25, 0.3) is 0 Å². The molecule has 0 aliphatic carbocycles. The highest BCUT2D eigenvalue weighted by molar-refractivity contribution is 7.80. The molecule has 4 nitrogen and oxygen atoms in total. The molecule has 0 atom stereocenters. The fourth-order valence-electron chi connectivity index (χ4n) is 1.31. The van der Waals surface area contributed by atoms with Gasteiger partial charge in [0.05, 0.1) is 6.21 Å². The van der Waals surface area contributed by atoms with Crippen molar-refractivity contribution in [1.82, 2.24) is 10.4 Å². The van der Waals surface area contributed by atoms with Crippen LogP contribution in [-0.2, 0) is 0 Å². The lowest BCUT2D eigenvalue weighted by Crippen LogP contribution is -2.23. The second-order valence-corrected chi connectivity index (χ2v) is 4.03. The first-order valence-electron chi connectivity index (χ1n) is 5.50. The first-order chi connectivity index (χ1) is 9.24. The molecule has 0 spiro atoms. The van der Waals surface area contributed by atoms with E-state index in [9.17, 15) is 4.39 Å². The second-order valence-electron chi connectivity index (χ2n) is 3.62. The minimum atomic E-state index is -0.293. The predicted molar refractivity (Wildman–Crippen MR) is 77.6 cm³/mol. The summed E-state index contributed by atoms with van der Waals surface area (Å²) in [5, 5.41) is 7.17. The molecule has 1 heterocycles. The van der Waals surface area contributed by atoms with Crippen LogP contribution in [0.3, 0.4) is 0 Å². The van der Waals surface area contributed by atoms with Gasteiger partial charge >= 0.3 is 0 Å². The number of rotatable bonds is 3. The topological polar surface area (TPSA) is 49.3 Å². The summed E-state index contributed by atoms with van der Waals surface area (Å²) in [5.41, 5.74) is 4.21. The monoisotopic (exact) mass is 274 g/mol. The van der Waals surface area contributed by atoms with Gasteiger partial charge < -0.3 is 5.32 Å². The second kappa shape index (κ2) is 6.55. The number of halogens is 1. The fourth-order valence-corrected chi connectivity index (χ4v) is 1.48. The van der Waals surface area contributed by atoms with Crippen molar-refractivity contribution in [2.24, 2.45) is 5.10 Å². The summed E-state index contributed by atoms with van der Waals surface area (Å²) in [6, 6.07) is 9.57. The quantitative estimate of drug-likeness (QED) is 0.513. The SMILES string of the molecule is Fc1ccc(NC(=S)N/N=C/c2cccnc2)cc1. The Morgan fingerprint density at radius 2 is 2.05 bits per heavy atom. The number of benzene rings is 1. The average molecular weight is 274 g/mol. The number of aromatic nitrogens is 1. The fraction of sp³-hybridized carbons (Fsp3) is 0. The molecule has 0 fully saturated rings. The van der Waals surface area contributed by atoms with E-state index in [0.29, 0.717) is 10.8 Å². The van der Waals surface area contributed by atoms with Crippen LogP contribution in [0, 0.1) is 5.82 Å². The zero-order valence-corrected chi connectivity index (χ0v) is 10.7. The first-order valence-corrected chi connectivity index (χ1v) is 5.90. The highest BCUT2D eigenvalue weighted by Crippen LogP contribution is 2.07. The summed E-state index contributed by atoms with van der Waals surface area (Å²) in [4.78, 5) is 3.96. The molecule has 2 N–H and O–H groups in total. The van der Waals surface area contributed by atoms with Crippen molar-refractivity contribution in [3.05, 3.63) is 60.2 Å². The molecule has 2 rings (SSSR count). The predicted octanol–water partition coefficient (Wildman–Crippen LogP) is 2.54. The van der Waals surface area contributed by atoms with Crippen molar-refractivity contribution in [2.45, 2.75) is 0 Å². The van der Waals surface area contributed by atoms with Crippen LogP contribution in [0.15, 0.2) is 53.9 Å². The van der Waals surface area contributed by atoms with Gasteiger partial charge in [0.15, 0.2) is 5.11 Å². The molecule has 0 bridgehead atoms. The third-order valence-electron chi connectivity index (χ3n) is 2.17. The zero-order chi connectivity index (χ0) is 13.5. The number of hydrogen-bond acceptors (Lipinski definition) is 3. The summed E-state index contributed by atoms with van der Waals surface area (Å²) >= 11 is 5.04. The maximum Gasteiger partial charge on any atom is 0.191 e. The number of nitrogens with one attached hydrogen (secondary N) is 2. The van der Waals surface area contributed by atoms with Crippen molar-refractivity contribution in [3.8, 4) is 0 Å². The number of nitrogens with zero attached hydrogens (tertiary/aromatic N) is 2. The normalized spacial score (nSPS) is 10.4.